The van der Waals surface area contributed by atoms with Gasteiger partial charge in [-0.2, -0.15) is 0 Å². The Bertz CT molecular complexity index is 1150. The maximum absolute atomic E-state index is 12.3. The highest BCUT2D eigenvalue weighted by molar-refractivity contribution is 6.39. The topological polar surface area (TPSA) is 88.3 Å². The first-order valence-corrected chi connectivity index (χ1v) is 8.84. The Balaban J connectivity index is 1.43. The van der Waals surface area contributed by atoms with Crippen molar-refractivity contribution >= 4 is 39.4 Å². The number of carbonyl (C=O) groups excluding carboxylic acids is 2. The minimum absolute atomic E-state index is 0.369. The molecule has 0 saturated carbocycles. The molecule has 4 aromatic rings. The Hall–Kier alpha value is -3.74. The molecular formula is C21H18N4O3. The summed E-state index contributed by atoms with van der Waals surface area (Å²) in [5, 5.41) is 4.61. The number of nitrogens with zero attached hydrogens (tertiary/aromatic N) is 3. The van der Waals surface area contributed by atoms with E-state index >= 15 is 0 Å². The van der Waals surface area contributed by atoms with E-state index in [2.05, 4.69) is 15.3 Å². The van der Waals surface area contributed by atoms with Crippen LogP contribution in [-0.4, -0.2) is 40.3 Å². The molecule has 0 aliphatic rings. The van der Waals surface area contributed by atoms with Gasteiger partial charge in [-0.1, -0.05) is 18.2 Å². The van der Waals surface area contributed by atoms with Gasteiger partial charge in [0.2, 0.25) is 0 Å². The number of hydrogen-bond acceptors (Lipinski definition) is 5. The van der Waals surface area contributed by atoms with Crippen molar-refractivity contribution in [1.82, 2.24) is 14.9 Å². The molecule has 7 heteroatoms. The summed E-state index contributed by atoms with van der Waals surface area (Å²) in [6.45, 7) is 0.369. The number of hydrogen-bond donors (Lipinski definition) is 1. The van der Waals surface area contributed by atoms with Gasteiger partial charge in [0.25, 0.3) is 0 Å². The lowest BCUT2D eigenvalue weighted by molar-refractivity contribution is -0.142. The second kappa shape index (κ2) is 7.48. The largest absolute Gasteiger partial charge is 0.456 e. The van der Waals surface area contributed by atoms with Crippen molar-refractivity contribution in [2.24, 2.45) is 0 Å². The van der Waals surface area contributed by atoms with Gasteiger partial charge in [-0.15, -0.1) is 0 Å². The molecule has 2 aromatic heterocycles. The molecule has 1 N–H and O–H groups in total. The number of para-hydroxylation sites is 1. The maximum atomic E-state index is 12.3. The zero-order valence-corrected chi connectivity index (χ0v) is 15.3. The number of amides is 2. The summed E-state index contributed by atoms with van der Waals surface area (Å²) >= 11 is 0. The fraction of sp³-hybridized carbons (Fsp3) is 0.143. The van der Waals surface area contributed by atoms with Crippen LogP contribution in [-0.2, 0) is 16.0 Å². The van der Waals surface area contributed by atoms with Gasteiger partial charge in [0.1, 0.15) is 11.2 Å². The van der Waals surface area contributed by atoms with Gasteiger partial charge < -0.3 is 14.6 Å². The van der Waals surface area contributed by atoms with Crippen molar-refractivity contribution in [2.45, 2.75) is 6.42 Å². The van der Waals surface area contributed by atoms with Crippen LogP contribution in [0.2, 0.25) is 0 Å². The second-order valence-corrected chi connectivity index (χ2v) is 6.44. The van der Waals surface area contributed by atoms with Crippen molar-refractivity contribution in [3.05, 3.63) is 66.7 Å². The minimum atomic E-state index is -0.697. The van der Waals surface area contributed by atoms with Crippen LogP contribution >= 0.6 is 0 Å². The Morgan fingerprint density at radius 2 is 1.89 bits per heavy atom. The first kappa shape index (κ1) is 17.7. The number of likely N-dealkylation sites (N-methyl/N-ethyl adjacent to an activating group) is 1. The van der Waals surface area contributed by atoms with E-state index in [0.717, 1.165) is 22.0 Å². The molecule has 0 unspecified atom stereocenters. The second-order valence-electron chi connectivity index (χ2n) is 6.44. The van der Waals surface area contributed by atoms with Gasteiger partial charge in [0.05, 0.1) is 5.69 Å². The van der Waals surface area contributed by atoms with Gasteiger partial charge in [-0.25, -0.2) is 0 Å². The van der Waals surface area contributed by atoms with Gasteiger partial charge in [0.15, 0.2) is 0 Å². The molecule has 0 bridgehead atoms. The normalized spacial score (nSPS) is 10.9. The molecule has 0 radical (unpaired) electrons. The molecule has 0 aliphatic heterocycles. The first-order valence-electron chi connectivity index (χ1n) is 8.84. The molecule has 7 nitrogen and oxygen atoms in total. The molecule has 4 rings (SSSR count). The predicted octanol–water partition coefficient (Wildman–Crippen LogP) is 3.02. The lowest BCUT2D eigenvalue weighted by Crippen LogP contribution is -2.38. The van der Waals surface area contributed by atoms with Crippen LogP contribution in [0, 0.1) is 0 Å². The van der Waals surface area contributed by atoms with Crippen molar-refractivity contribution in [1.29, 1.82) is 0 Å². The summed E-state index contributed by atoms with van der Waals surface area (Å²) in [5.74, 6) is -1.31. The highest BCUT2D eigenvalue weighted by Gasteiger charge is 2.19. The number of fused-ring (bicyclic) bond motifs is 3. The Labute approximate surface area is 161 Å². The van der Waals surface area contributed by atoms with Crippen molar-refractivity contribution in [2.75, 3.05) is 18.9 Å². The molecule has 0 atom stereocenters. The van der Waals surface area contributed by atoms with Crippen molar-refractivity contribution in [3.8, 4) is 0 Å². The van der Waals surface area contributed by atoms with E-state index < -0.39 is 11.8 Å². The zero-order chi connectivity index (χ0) is 19.5. The van der Waals surface area contributed by atoms with Crippen LogP contribution in [0.1, 0.15) is 5.69 Å². The number of carbonyl (C=O) groups is 2. The fourth-order valence-corrected chi connectivity index (χ4v) is 3.00. The average Bonchev–Trinajstić information content (AvgIpc) is 3.10. The summed E-state index contributed by atoms with van der Waals surface area (Å²) in [4.78, 5) is 34.1. The molecule has 0 spiro atoms. The van der Waals surface area contributed by atoms with Crippen molar-refractivity contribution < 1.29 is 14.0 Å². The third-order valence-corrected chi connectivity index (χ3v) is 4.50. The quantitative estimate of drug-likeness (QED) is 0.555. The number of nitrogens with one attached hydrogen (secondary N) is 1. The maximum Gasteiger partial charge on any atom is 0.313 e. The van der Waals surface area contributed by atoms with Crippen LogP contribution in [0.15, 0.2) is 65.5 Å². The van der Waals surface area contributed by atoms with E-state index in [0.29, 0.717) is 24.2 Å². The van der Waals surface area contributed by atoms with Gasteiger partial charge in [0, 0.05) is 61.1 Å². The molecule has 2 aromatic carbocycles. The van der Waals surface area contributed by atoms with E-state index in [9.17, 15) is 9.59 Å². The SMILES string of the molecule is CN(CCc1cnccn1)C(=O)C(=O)Nc1ccc2c(c1)oc1ccccc12. The van der Waals surface area contributed by atoms with Gasteiger partial charge in [-0.05, 0) is 18.2 Å². The van der Waals surface area contributed by atoms with E-state index in [4.69, 9.17) is 4.42 Å². The lowest BCUT2D eigenvalue weighted by atomic mass is 10.1. The minimum Gasteiger partial charge on any atom is -0.456 e. The number of rotatable bonds is 4. The smallest absolute Gasteiger partial charge is 0.313 e. The summed E-state index contributed by atoms with van der Waals surface area (Å²) in [6.07, 6.45) is 5.35. The summed E-state index contributed by atoms with van der Waals surface area (Å²) in [5.41, 5.74) is 2.70. The van der Waals surface area contributed by atoms with Crippen LogP contribution in [0.4, 0.5) is 5.69 Å². The predicted molar refractivity (Wildman–Crippen MR) is 106 cm³/mol. The molecule has 28 heavy (non-hydrogen) atoms. The molecule has 0 aliphatic carbocycles. The third kappa shape index (κ3) is 3.55. The van der Waals surface area contributed by atoms with Crippen molar-refractivity contribution in [3.63, 3.8) is 0 Å². The number of aromatic nitrogens is 2. The Morgan fingerprint density at radius 3 is 2.71 bits per heavy atom. The number of furan rings is 1. The average molecular weight is 374 g/mol. The number of benzene rings is 2. The first-order chi connectivity index (χ1) is 13.6. The summed E-state index contributed by atoms with van der Waals surface area (Å²) < 4.78 is 5.81. The molecule has 0 fully saturated rings. The van der Waals surface area contributed by atoms with Crippen LogP contribution in [0.3, 0.4) is 0 Å². The number of anilines is 1. The van der Waals surface area contributed by atoms with Gasteiger partial charge >= 0.3 is 11.8 Å². The van der Waals surface area contributed by atoms with Crippen LogP contribution in [0.25, 0.3) is 21.9 Å². The summed E-state index contributed by atoms with van der Waals surface area (Å²) in [7, 11) is 1.58. The zero-order valence-electron chi connectivity index (χ0n) is 15.3. The van der Waals surface area contributed by atoms with E-state index in [1.165, 1.54) is 4.90 Å². The molecule has 2 amide bonds. The van der Waals surface area contributed by atoms with E-state index in [1.54, 1.807) is 37.8 Å². The highest BCUT2D eigenvalue weighted by atomic mass is 16.3. The van der Waals surface area contributed by atoms with E-state index in [1.807, 2.05) is 30.3 Å². The molecule has 0 saturated heterocycles. The highest BCUT2D eigenvalue weighted by Crippen LogP contribution is 2.30. The van der Waals surface area contributed by atoms with Crippen LogP contribution in [0.5, 0.6) is 0 Å². The molecular weight excluding hydrogens is 356 g/mol. The lowest BCUT2D eigenvalue weighted by Gasteiger charge is -2.16. The van der Waals surface area contributed by atoms with Gasteiger partial charge in [-0.3, -0.25) is 19.6 Å². The van der Waals surface area contributed by atoms with Crippen LogP contribution < -0.4 is 5.32 Å². The third-order valence-electron chi connectivity index (χ3n) is 4.50. The Kier molecular flexibility index (Phi) is 4.72. The van der Waals surface area contributed by atoms with E-state index in [-0.39, 0.29) is 0 Å². The Morgan fingerprint density at radius 1 is 1.07 bits per heavy atom. The molecule has 2 heterocycles. The standard InChI is InChI=1S/C21H18N4O3/c1-25(11-8-15-13-22-9-10-23-15)21(27)20(26)24-14-6-7-17-16-4-2-3-5-18(16)28-19(17)12-14/h2-7,9-10,12-13H,8,11H2,1H3,(H,24,26). The fourth-order valence-electron chi connectivity index (χ4n) is 3.00. The summed E-state index contributed by atoms with van der Waals surface area (Å²) in [6, 6.07) is 13.1. The monoisotopic (exact) mass is 374 g/mol. The molecule has 140 valence electrons.